The van der Waals surface area contributed by atoms with Crippen molar-refractivity contribution in [3.8, 4) is 11.4 Å². The fourth-order valence-corrected chi connectivity index (χ4v) is 3.66. The minimum Gasteiger partial charge on any atom is -0.368 e. The Hall–Kier alpha value is -4.46. The quantitative estimate of drug-likeness (QED) is 0.265. The third kappa shape index (κ3) is 6.54. The lowest BCUT2D eigenvalue weighted by atomic mass is 10.0. The van der Waals surface area contributed by atoms with E-state index in [2.05, 4.69) is 31.2 Å². The molecule has 35 heavy (non-hydrogen) atoms. The maximum absolute atomic E-state index is 12.8. The summed E-state index contributed by atoms with van der Waals surface area (Å²) < 4.78 is 0. The molecule has 0 atom stereocenters. The first kappa shape index (κ1) is 23.7. The van der Waals surface area contributed by atoms with Crippen LogP contribution in [-0.2, 0) is 4.79 Å². The summed E-state index contributed by atoms with van der Waals surface area (Å²) in [5, 5.41) is 14.2. The molecule has 2 amide bonds. The lowest BCUT2D eigenvalue weighted by molar-refractivity contribution is -0.118. The Morgan fingerprint density at radius 1 is 0.714 bits per heavy atom. The molecule has 0 unspecified atom stereocenters. The van der Waals surface area contributed by atoms with Gasteiger partial charge in [-0.05, 0) is 16.8 Å². The smallest absolute Gasteiger partial charge is 0.251 e. The zero-order valence-corrected chi connectivity index (χ0v) is 19.5. The lowest BCUT2D eigenvalue weighted by Crippen LogP contribution is -2.29. The highest BCUT2D eigenvalue weighted by Crippen LogP contribution is 2.20. The molecule has 0 aliphatic rings. The van der Waals surface area contributed by atoms with Crippen molar-refractivity contribution in [1.29, 1.82) is 0 Å². The van der Waals surface area contributed by atoms with Crippen LogP contribution >= 0.6 is 0 Å². The molecular weight excluding hydrogens is 440 g/mol. The third-order valence-electron chi connectivity index (χ3n) is 5.31. The van der Waals surface area contributed by atoms with Crippen LogP contribution in [0.5, 0.6) is 0 Å². The van der Waals surface area contributed by atoms with Crippen molar-refractivity contribution in [2.45, 2.75) is 6.92 Å². The van der Waals surface area contributed by atoms with Crippen LogP contribution in [0.4, 0.5) is 11.6 Å². The summed E-state index contributed by atoms with van der Waals surface area (Å²) in [6.45, 7) is 3.43. The lowest BCUT2D eigenvalue weighted by Gasteiger charge is -2.13. The van der Waals surface area contributed by atoms with E-state index in [0.29, 0.717) is 49.2 Å². The summed E-state index contributed by atoms with van der Waals surface area (Å²) in [6, 6.07) is 25.1. The van der Waals surface area contributed by atoms with Crippen molar-refractivity contribution in [2.75, 3.05) is 36.8 Å². The molecule has 0 aliphatic carbocycles. The molecule has 0 radical (unpaired) electrons. The molecule has 0 saturated carbocycles. The zero-order valence-electron chi connectivity index (χ0n) is 19.5. The van der Waals surface area contributed by atoms with Gasteiger partial charge in [-0.3, -0.25) is 9.59 Å². The molecule has 0 saturated heterocycles. The van der Waals surface area contributed by atoms with E-state index in [1.54, 1.807) is 0 Å². The summed E-state index contributed by atoms with van der Waals surface area (Å²) in [5.74, 6) is 1.67. The first-order valence-electron chi connectivity index (χ1n) is 11.5. The molecular formula is C27H28N6O2. The molecule has 0 fully saturated rings. The van der Waals surface area contributed by atoms with Gasteiger partial charge in [0.25, 0.3) is 5.91 Å². The van der Waals surface area contributed by atoms with Gasteiger partial charge in [0.15, 0.2) is 5.82 Å². The van der Waals surface area contributed by atoms with Gasteiger partial charge in [0, 0.05) is 50.3 Å². The first-order valence-corrected chi connectivity index (χ1v) is 11.5. The fourth-order valence-electron chi connectivity index (χ4n) is 3.66. The normalized spacial score (nSPS) is 10.5. The topological polar surface area (TPSA) is 108 Å². The highest BCUT2D eigenvalue weighted by Gasteiger charge is 2.10. The van der Waals surface area contributed by atoms with Gasteiger partial charge in [-0.15, -0.1) is 0 Å². The molecule has 0 bridgehead atoms. The standard InChI is InChI=1S/C27H28N6O2/c1-19(34)28-14-15-29-24-18-25(33-26(32-24)21-9-3-2-4-10-21)30-16-17-31-27(35)23-13-7-11-20-8-5-6-12-22(20)23/h2-13,18H,14-17H2,1H3,(H,28,34)(H,31,35)(H2,29,30,32,33). The maximum atomic E-state index is 12.8. The molecule has 1 aromatic heterocycles. The maximum Gasteiger partial charge on any atom is 0.251 e. The average Bonchev–Trinajstić information content (AvgIpc) is 2.89. The van der Waals surface area contributed by atoms with E-state index in [9.17, 15) is 9.59 Å². The molecule has 0 spiro atoms. The molecule has 8 nitrogen and oxygen atoms in total. The van der Waals surface area contributed by atoms with Crippen LogP contribution in [0.3, 0.4) is 0 Å². The number of anilines is 2. The Labute approximate surface area is 204 Å². The van der Waals surface area contributed by atoms with E-state index in [4.69, 9.17) is 0 Å². The molecule has 4 rings (SSSR count). The van der Waals surface area contributed by atoms with E-state index >= 15 is 0 Å². The van der Waals surface area contributed by atoms with Crippen LogP contribution in [0, 0.1) is 0 Å². The van der Waals surface area contributed by atoms with Crippen molar-refractivity contribution in [2.24, 2.45) is 0 Å². The Morgan fingerprint density at radius 2 is 1.34 bits per heavy atom. The van der Waals surface area contributed by atoms with Crippen molar-refractivity contribution in [1.82, 2.24) is 20.6 Å². The number of hydrogen-bond acceptors (Lipinski definition) is 6. The number of amides is 2. The van der Waals surface area contributed by atoms with E-state index in [0.717, 1.165) is 16.3 Å². The fraction of sp³-hybridized carbons (Fsp3) is 0.185. The minimum atomic E-state index is -0.114. The van der Waals surface area contributed by atoms with Crippen LogP contribution in [0.2, 0.25) is 0 Å². The SMILES string of the molecule is CC(=O)NCCNc1cc(NCCNC(=O)c2cccc3ccccc23)nc(-c2ccccc2)n1. The highest BCUT2D eigenvalue weighted by atomic mass is 16.2. The van der Waals surface area contributed by atoms with Gasteiger partial charge in [-0.2, -0.15) is 0 Å². The van der Waals surface area contributed by atoms with Crippen LogP contribution < -0.4 is 21.3 Å². The predicted molar refractivity (Wildman–Crippen MR) is 139 cm³/mol. The number of nitrogens with one attached hydrogen (secondary N) is 4. The van der Waals surface area contributed by atoms with Crippen LogP contribution in [0.15, 0.2) is 78.9 Å². The van der Waals surface area contributed by atoms with Gasteiger partial charge in [0.2, 0.25) is 5.91 Å². The van der Waals surface area contributed by atoms with Crippen LogP contribution in [0.25, 0.3) is 22.2 Å². The second-order valence-electron chi connectivity index (χ2n) is 7.95. The second-order valence-corrected chi connectivity index (χ2v) is 7.95. The number of carbonyl (C=O) groups is 2. The Kier molecular flexibility index (Phi) is 7.85. The van der Waals surface area contributed by atoms with Crippen molar-refractivity contribution in [3.05, 3.63) is 84.4 Å². The van der Waals surface area contributed by atoms with Gasteiger partial charge < -0.3 is 21.3 Å². The van der Waals surface area contributed by atoms with E-state index in [1.807, 2.05) is 78.9 Å². The van der Waals surface area contributed by atoms with Crippen LogP contribution in [0.1, 0.15) is 17.3 Å². The summed E-state index contributed by atoms with van der Waals surface area (Å²) in [6.07, 6.45) is 0. The Balaban J connectivity index is 1.39. The van der Waals surface area contributed by atoms with Crippen molar-refractivity contribution < 1.29 is 9.59 Å². The molecule has 3 aromatic carbocycles. The van der Waals surface area contributed by atoms with Gasteiger partial charge in [0.1, 0.15) is 11.6 Å². The predicted octanol–water partition coefficient (Wildman–Crippen LogP) is 3.69. The summed E-state index contributed by atoms with van der Waals surface area (Å²) in [7, 11) is 0. The minimum absolute atomic E-state index is 0.0765. The average molecular weight is 469 g/mol. The third-order valence-corrected chi connectivity index (χ3v) is 5.31. The van der Waals surface area contributed by atoms with Crippen molar-refractivity contribution >= 4 is 34.2 Å². The number of aromatic nitrogens is 2. The van der Waals surface area contributed by atoms with Gasteiger partial charge >= 0.3 is 0 Å². The van der Waals surface area contributed by atoms with Gasteiger partial charge in [-0.1, -0.05) is 66.7 Å². The van der Waals surface area contributed by atoms with E-state index in [-0.39, 0.29) is 11.8 Å². The summed E-state index contributed by atoms with van der Waals surface area (Å²) in [5.41, 5.74) is 1.55. The number of fused-ring (bicyclic) bond motifs is 1. The van der Waals surface area contributed by atoms with Gasteiger partial charge in [0.05, 0.1) is 0 Å². The van der Waals surface area contributed by atoms with E-state index in [1.165, 1.54) is 6.92 Å². The molecule has 178 valence electrons. The molecule has 4 N–H and O–H groups in total. The number of benzene rings is 3. The largest absolute Gasteiger partial charge is 0.368 e. The number of carbonyl (C=O) groups excluding carboxylic acids is 2. The number of rotatable bonds is 10. The Bertz CT molecular complexity index is 1300. The molecule has 4 aromatic rings. The van der Waals surface area contributed by atoms with Crippen molar-refractivity contribution in [3.63, 3.8) is 0 Å². The van der Waals surface area contributed by atoms with Gasteiger partial charge in [-0.25, -0.2) is 9.97 Å². The highest BCUT2D eigenvalue weighted by molar-refractivity contribution is 6.07. The zero-order chi connectivity index (χ0) is 24.5. The van der Waals surface area contributed by atoms with Crippen LogP contribution in [-0.4, -0.2) is 48.0 Å². The molecule has 0 aliphatic heterocycles. The molecule has 1 heterocycles. The number of hydrogen-bond donors (Lipinski definition) is 4. The molecule has 8 heteroatoms. The summed E-state index contributed by atoms with van der Waals surface area (Å²) in [4.78, 5) is 33.1. The number of nitrogens with zero attached hydrogens (tertiary/aromatic N) is 2. The second kappa shape index (κ2) is 11.6. The Morgan fingerprint density at radius 3 is 2.06 bits per heavy atom. The van der Waals surface area contributed by atoms with E-state index < -0.39 is 0 Å². The summed E-state index contributed by atoms with van der Waals surface area (Å²) >= 11 is 0. The first-order chi connectivity index (χ1) is 17.1. The monoisotopic (exact) mass is 468 g/mol.